The molecule has 3 N–H and O–H groups in total. The van der Waals surface area contributed by atoms with Crippen LogP contribution in [0.15, 0.2) is 18.2 Å². The van der Waals surface area contributed by atoms with Crippen LogP contribution in [0.1, 0.15) is 18.4 Å². The zero-order chi connectivity index (χ0) is 17.1. The molecule has 2 heterocycles. The molecule has 3 rings (SSSR count). The van der Waals surface area contributed by atoms with E-state index in [1.807, 2.05) is 18.2 Å². The van der Waals surface area contributed by atoms with Crippen molar-refractivity contribution < 1.29 is 19.1 Å². The van der Waals surface area contributed by atoms with Gasteiger partial charge in [0.1, 0.15) is 18.1 Å². The average Bonchev–Trinajstić information content (AvgIpc) is 2.61. The maximum absolute atomic E-state index is 12.4. The van der Waals surface area contributed by atoms with Gasteiger partial charge in [0.25, 0.3) is 0 Å². The average molecular weight is 333 g/mol. The van der Waals surface area contributed by atoms with E-state index in [9.17, 15) is 9.59 Å². The number of hydrogen-bond donors (Lipinski definition) is 2. The summed E-state index contributed by atoms with van der Waals surface area (Å²) in [6.45, 7) is 1.55. The van der Waals surface area contributed by atoms with Gasteiger partial charge in [-0.15, -0.1) is 0 Å². The van der Waals surface area contributed by atoms with Gasteiger partial charge in [-0.1, -0.05) is 0 Å². The molecule has 0 saturated carbocycles. The van der Waals surface area contributed by atoms with Gasteiger partial charge in [0.2, 0.25) is 5.91 Å². The van der Waals surface area contributed by atoms with Gasteiger partial charge in [-0.05, 0) is 43.0 Å². The van der Waals surface area contributed by atoms with Crippen molar-refractivity contribution in [1.82, 2.24) is 10.2 Å². The summed E-state index contributed by atoms with van der Waals surface area (Å²) in [5.41, 5.74) is 6.35. The van der Waals surface area contributed by atoms with E-state index in [1.165, 1.54) is 0 Å². The topological polar surface area (TPSA) is 93.9 Å². The Morgan fingerprint density at radius 2 is 2.08 bits per heavy atom. The number of nitrogens with two attached hydrogens (primary N) is 1. The molecule has 1 saturated heterocycles. The first-order valence-corrected chi connectivity index (χ1v) is 8.21. The van der Waals surface area contributed by atoms with Crippen LogP contribution in [0.3, 0.4) is 0 Å². The van der Waals surface area contributed by atoms with Crippen molar-refractivity contribution >= 4 is 11.9 Å². The van der Waals surface area contributed by atoms with Gasteiger partial charge in [0.15, 0.2) is 0 Å². The number of piperidine rings is 1. The Morgan fingerprint density at radius 1 is 1.33 bits per heavy atom. The first-order valence-electron chi connectivity index (χ1n) is 8.21. The van der Waals surface area contributed by atoms with Crippen LogP contribution in [0.2, 0.25) is 0 Å². The summed E-state index contributed by atoms with van der Waals surface area (Å²) < 4.78 is 11.0. The van der Waals surface area contributed by atoms with Crippen molar-refractivity contribution in [1.29, 1.82) is 0 Å². The Kier molecular flexibility index (Phi) is 4.78. The van der Waals surface area contributed by atoms with Gasteiger partial charge < -0.3 is 25.4 Å². The molecule has 0 unspecified atom stereocenters. The molecule has 1 aromatic rings. The third-order valence-corrected chi connectivity index (χ3v) is 4.69. The molecule has 0 aliphatic carbocycles. The lowest BCUT2D eigenvalue weighted by Gasteiger charge is -2.33. The minimum atomic E-state index is -0.277. The third-order valence-electron chi connectivity index (χ3n) is 4.69. The number of carbonyl (C=O) groups excluding carboxylic acids is 2. The summed E-state index contributed by atoms with van der Waals surface area (Å²) in [5, 5.41) is 3.02. The Morgan fingerprint density at radius 3 is 2.75 bits per heavy atom. The highest BCUT2D eigenvalue weighted by Crippen LogP contribution is 2.28. The van der Waals surface area contributed by atoms with E-state index in [2.05, 4.69) is 5.32 Å². The summed E-state index contributed by atoms with van der Waals surface area (Å²) >= 11 is 0. The molecule has 3 amide bonds. The van der Waals surface area contributed by atoms with Crippen molar-refractivity contribution in [3.63, 3.8) is 0 Å². The number of fused-ring (bicyclic) bond motifs is 1. The minimum absolute atomic E-state index is 0.0778. The predicted molar refractivity (Wildman–Crippen MR) is 88.0 cm³/mol. The highest BCUT2D eigenvalue weighted by Gasteiger charge is 2.28. The largest absolute Gasteiger partial charge is 0.497 e. The zero-order valence-corrected chi connectivity index (χ0v) is 13.8. The van der Waals surface area contributed by atoms with Crippen molar-refractivity contribution in [2.75, 3.05) is 26.8 Å². The van der Waals surface area contributed by atoms with E-state index < -0.39 is 0 Å². The Labute approximate surface area is 141 Å². The Bertz CT molecular complexity index is 626. The number of carbonyl (C=O) groups is 2. The molecule has 0 bridgehead atoms. The predicted octanol–water partition coefficient (Wildman–Crippen LogP) is 0.906. The fourth-order valence-corrected chi connectivity index (χ4v) is 3.22. The number of rotatable bonds is 3. The fourth-order valence-electron chi connectivity index (χ4n) is 3.22. The molecule has 0 aromatic heterocycles. The molecule has 24 heavy (non-hydrogen) atoms. The number of amides is 3. The zero-order valence-electron chi connectivity index (χ0n) is 13.8. The van der Waals surface area contributed by atoms with Crippen LogP contribution < -0.4 is 20.5 Å². The van der Waals surface area contributed by atoms with Gasteiger partial charge in [-0.2, -0.15) is 0 Å². The second-order valence-corrected chi connectivity index (χ2v) is 6.30. The van der Waals surface area contributed by atoms with Crippen molar-refractivity contribution in [3.8, 4) is 11.5 Å². The maximum atomic E-state index is 12.4. The van der Waals surface area contributed by atoms with E-state index in [0.717, 1.165) is 17.1 Å². The summed E-state index contributed by atoms with van der Waals surface area (Å²) in [5.74, 6) is 1.22. The SMILES string of the molecule is COc1ccc2c(c1)C[C@@H](NC(=O)N1CCC(C(N)=O)CC1)CO2. The van der Waals surface area contributed by atoms with Crippen LogP contribution in [0.4, 0.5) is 4.79 Å². The fraction of sp³-hybridized carbons (Fsp3) is 0.529. The molecule has 1 atom stereocenters. The molecular formula is C17H23N3O4. The number of hydrogen-bond acceptors (Lipinski definition) is 4. The number of urea groups is 1. The van der Waals surface area contributed by atoms with E-state index >= 15 is 0 Å². The summed E-state index contributed by atoms with van der Waals surface area (Å²) in [7, 11) is 1.63. The second-order valence-electron chi connectivity index (χ2n) is 6.30. The summed E-state index contributed by atoms with van der Waals surface area (Å²) in [6.07, 6.45) is 1.96. The van der Waals surface area contributed by atoms with Crippen LogP contribution in [0, 0.1) is 5.92 Å². The lowest BCUT2D eigenvalue weighted by molar-refractivity contribution is -0.123. The molecule has 7 nitrogen and oxygen atoms in total. The number of ether oxygens (including phenoxy) is 2. The molecule has 2 aliphatic rings. The van der Waals surface area contributed by atoms with Crippen LogP contribution >= 0.6 is 0 Å². The first-order chi connectivity index (χ1) is 11.6. The molecule has 1 fully saturated rings. The Balaban J connectivity index is 1.55. The molecule has 0 spiro atoms. The molecule has 2 aliphatic heterocycles. The van der Waals surface area contributed by atoms with E-state index in [-0.39, 0.29) is 23.9 Å². The van der Waals surface area contributed by atoms with Gasteiger partial charge in [0.05, 0.1) is 13.2 Å². The summed E-state index contributed by atoms with van der Waals surface area (Å²) in [6, 6.07) is 5.50. The van der Waals surface area contributed by atoms with E-state index in [0.29, 0.717) is 39.0 Å². The molecule has 130 valence electrons. The number of benzene rings is 1. The monoisotopic (exact) mass is 333 g/mol. The minimum Gasteiger partial charge on any atom is -0.497 e. The second kappa shape index (κ2) is 6.98. The molecule has 1 aromatic carbocycles. The lowest BCUT2D eigenvalue weighted by Crippen LogP contribution is -2.51. The smallest absolute Gasteiger partial charge is 0.317 e. The van der Waals surface area contributed by atoms with Crippen LogP contribution in [-0.2, 0) is 11.2 Å². The van der Waals surface area contributed by atoms with Crippen LogP contribution in [0.5, 0.6) is 11.5 Å². The first kappa shape index (κ1) is 16.4. The van der Waals surface area contributed by atoms with Gasteiger partial charge in [-0.3, -0.25) is 4.79 Å². The third kappa shape index (κ3) is 3.55. The summed E-state index contributed by atoms with van der Waals surface area (Å²) in [4.78, 5) is 25.3. The number of primary amides is 1. The number of nitrogens with one attached hydrogen (secondary N) is 1. The number of likely N-dealkylation sites (tertiary alicyclic amines) is 1. The number of methoxy groups -OCH3 is 1. The van der Waals surface area contributed by atoms with E-state index in [4.69, 9.17) is 15.2 Å². The number of nitrogens with zero attached hydrogens (tertiary/aromatic N) is 1. The Hall–Kier alpha value is -2.44. The highest BCUT2D eigenvalue weighted by molar-refractivity contribution is 5.78. The van der Waals surface area contributed by atoms with E-state index in [1.54, 1.807) is 12.0 Å². The standard InChI is InChI=1S/C17H23N3O4/c1-23-14-2-3-15-12(9-14)8-13(10-24-15)19-17(22)20-6-4-11(5-7-20)16(18)21/h2-3,9,11,13H,4-8,10H2,1H3,(H2,18,21)(H,19,22)/t13-/m1/s1. The van der Waals surface area contributed by atoms with Crippen molar-refractivity contribution in [2.24, 2.45) is 11.7 Å². The van der Waals surface area contributed by atoms with Gasteiger partial charge in [0, 0.05) is 19.0 Å². The van der Waals surface area contributed by atoms with Gasteiger partial charge in [-0.25, -0.2) is 4.79 Å². The van der Waals surface area contributed by atoms with Crippen LogP contribution in [-0.4, -0.2) is 49.7 Å². The molecular weight excluding hydrogens is 310 g/mol. The quantitative estimate of drug-likeness (QED) is 0.859. The maximum Gasteiger partial charge on any atom is 0.317 e. The van der Waals surface area contributed by atoms with Gasteiger partial charge >= 0.3 is 6.03 Å². The normalized spacial score (nSPS) is 20.7. The molecule has 0 radical (unpaired) electrons. The van der Waals surface area contributed by atoms with Crippen molar-refractivity contribution in [3.05, 3.63) is 23.8 Å². The van der Waals surface area contributed by atoms with Crippen molar-refractivity contribution in [2.45, 2.75) is 25.3 Å². The molecule has 7 heteroatoms. The van der Waals surface area contributed by atoms with Crippen LogP contribution in [0.25, 0.3) is 0 Å². The lowest BCUT2D eigenvalue weighted by atomic mass is 9.96. The highest BCUT2D eigenvalue weighted by atomic mass is 16.5.